The minimum absolute atomic E-state index is 0.0591. The van der Waals surface area contributed by atoms with Crippen molar-refractivity contribution in [1.29, 1.82) is 5.26 Å². The smallest absolute Gasteiger partial charge is 0.231 e. The lowest BCUT2D eigenvalue weighted by Gasteiger charge is -2.05. The van der Waals surface area contributed by atoms with Gasteiger partial charge in [-0.05, 0) is 42.8 Å². The number of Topliss-reactive ketones (excluding diaryl/α,β-unsaturated/α-hetero) is 1. The lowest BCUT2D eigenvalue weighted by Crippen LogP contribution is -2.03. The predicted molar refractivity (Wildman–Crippen MR) is 113 cm³/mol. The Bertz CT molecular complexity index is 1220. The van der Waals surface area contributed by atoms with Gasteiger partial charge in [0.1, 0.15) is 16.8 Å². The van der Waals surface area contributed by atoms with Gasteiger partial charge in [-0.2, -0.15) is 10.4 Å². The van der Waals surface area contributed by atoms with Crippen LogP contribution in [0.15, 0.2) is 48.0 Å². The minimum atomic E-state index is -0.440. The zero-order chi connectivity index (χ0) is 21.3. The highest BCUT2D eigenvalue weighted by atomic mass is 35.5. The molecule has 0 N–H and O–H groups in total. The van der Waals surface area contributed by atoms with E-state index in [0.29, 0.717) is 45.0 Å². The summed E-state index contributed by atoms with van der Waals surface area (Å²) in [6.45, 7) is 2.24. The van der Waals surface area contributed by atoms with E-state index in [1.807, 2.05) is 24.3 Å². The van der Waals surface area contributed by atoms with Gasteiger partial charge in [0.2, 0.25) is 12.6 Å². The molecule has 30 heavy (non-hydrogen) atoms. The molecule has 1 aromatic heterocycles. The van der Waals surface area contributed by atoms with Crippen LogP contribution in [0.3, 0.4) is 0 Å². The number of halogens is 2. The number of ketones is 1. The van der Waals surface area contributed by atoms with Crippen molar-refractivity contribution in [2.75, 3.05) is 6.79 Å². The SMILES string of the molecule is Cc1nn(Cc2ccccc2Cl)c(Cl)c1/C=C(\C#N)C(=O)c1ccc2c(c1)OCO2. The Labute approximate surface area is 182 Å². The Morgan fingerprint density at radius 3 is 2.77 bits per heavy atom. The summed E-state index contributed by atoms with van der Waals surface area (Å²) in [7, 11) is 0. The highest BCUT2D eigenvalue weighted by molar-refractivity contribution is 6.32. The largest absolute Gasteiger partial charge is 0.454 e. The molecule has 0 atom stereocenters. The molecule has 1 aliphatic heterocycles. The van der Waals surface area contributed by atoms with E-state index < -0.39 is 5.78 Å². The number of fused-ring (bicyclic) bond motifs is 1. The summed E-state index contributed by atoms with van der Waals surface area (Å²) >= 11 is 12.7. The van der Waals surface area contributed by atoms with Crippen molar-refractivity contribution in [3.8, 4) is 17.6 Å². The topological polar surface area (TPSA) is 77.1 Å². The lowest BCUT2D eigenvalue weighted by molar-refractivity contribution is 0.103. The van der Waals surface area contributed by atoms with Crippen LogP contribution in [-0.4, -0.2) is 22.4 Å². The molecule has 8 heteroatoms. The third kappa shape index (κ3) is 3.78. The molecule has 0 saturated carbocycles. The molecule has 0 amide bonds. The van der Waals surface area contributed by atoms with Gasteiger partial charge in [-0.1, -0.05) is 41.4 Å². The zero-order valence-electron chi connectivity index (χ0n) is 15.9. The average molecular weight is 440 g/mol. The van der Waals surface area contributed by atoms with Crippen LogP contribution in [0.2, 0.25) is 10.2 Å². The number of hydrogen-bond acceptors (Lipinski definition) is 5. The number of carbonyl (C=O) groups is 1. The van der Waals surface area contributed by atoms with Gasteiger partial charge in [-0.25, -0.2) is 4.68 Å². The van der Waals surface area contributed by atoms with E-state index in [0.717, 1.165) is 5.56 Å². The molecule has 0 saturated heterocycles. The number of aromatic nitrogens is 2. The maximum absolute atomic E-state index is 12.9. The summed E-state index contributed by atoms with van der Waals surface area (Å²) < 4.78 is 12.1. The summed E-state index contributed by atoms with van der Waals surface area (Å²) in [5.41, 5.74) is 2.23. The molecule has 1 aliphatic rings. The van der Waals surface area contributed by atoms with Crippen molar-refractivity contribution in [3.05, 3.63) is 80.6 Å². The molecule has 0 radical (unpaired) electrons. The van der Waals surface area contributed by atoms with Gasteiger partial charge in [-0.3, -0.25) is 4.79 Å². The van der Waals surface area contributed by atoms with Gasteiger partial charge in [-0.15, -0.1) is 0 Å². The molecular weight excluding hydrogens is 425 g/mol. The molecule has 0 bridgehead atoms. The highest BCUT2D eigenvalue weighted by Crippen LogP contribution is 2.33. The van der Waals surface area contributed by atoms with Gasteiger partial charge in [0.25, 0.3) is 0 Å². The number of rotatable bonds is 5. The normalized spacial score (nSPS) is 12.7. The van der Waals surface area contributed by atoms with E-state index in [1.165, 1.54) is 6.08 Å². The number of nitrogens with zero attached hydrogens (tertiary/aromatic N) is 3. The fraction of sp³-hybridized carbons (Fsp3) is 0.136. The molecule has 2 aromatic carbocycles. The van der Waals surface area contributed by atoms with Crippen molar-refractivity contribution in [1.82, 2.24) is 9.78 Å². The van der Waals surface area contributed by atoms with Crippen molar-refractivity contribution >= 4 is 35.1 Å². The molecule has 0 fully saturated rings. The van der Waals surface area contributed by atoms with E-state index in [9.17, 15) is 10.1 Å². The van der Waals surface area contributed by atoms with Crippen LogP contribution in [0.5, 0.6) is 11.5 Å². The summed E-state index contributed by atoms with van der Waals surface area (Å²) in [4.78, 5) is 12.9. The number of aryl methyl sites for hydroxylation is 1. The van der Waals surface area contributed by atoms with Crippen LogP contribution in [0.25, 0.3) is 6.08 Å². The predicted octanol–water partition coefficient (Wildman–Crippen LogP) is 5.07. The van der Waals surface area contributed by atoms with E-state index in [1.54, 1.807) is 35.9 Å². The van der Waals surface area contributed by atoms with E-state index in [4.69, 9.17) is 32.7 Å². The van der Waals surface area contributed by atoms with Gasteiger partial charge in [0.05, 0.1) is 12.2 Å². The summed E-state index contributed by atoms with van der Waals surface area (Å²) in [6, 6.07) is 14.2. The second kappa shape index (κ2) is 8.23. The Balaban J connectivity index is 1.66. The Hall–Kier alpha value is -3.27. The molecule has 150 valence electrons. The second-order valence-electron chi connectivity index (χ2n) is 6.61. The number of ether oxygens (including phenoxy) is 2. The molecule has 0 aliphatic carbocycles. The van der Waals surface area contributed by atoms with Crippen LogP contribution >= 0.6 is 23.2 Å². The third-order valence-electron chi connectivity index (χ3n) is 4.68. The summed E-state index contributed by atoms with van der Waals surface area (Å²) in [6.07, 6.45) is 1.46. The molecule has 3 aromatic rings. The first kappa shape index (κ1) is 20.0. The number of nitriles is 1. The van der Waals surface area contributed by atoms with Gasteiger partial charge >= 0.3 is 0 Å². The van der Waals surface area contributed by atoms with Crippen LogP contribution < -0.4 is 9.47 Å². The molecule has 0 spiro atoms. The van der Waals surface area contributed by atoms with E-state index in [-0.39, 0.29) is 12.4 Å². The van der Waals surface area contributed by atoms with Gasteiger partial charge in [0, 0.05) is 16.1 Å². The van der Waals surface area contributed by atoms with Crippen molar-refractivity contribution in [2.24, 2.45) is 0 Å². The van der Waals surface area contributed by atoms with Crippen molar-refractivity contribution < 1.29 is 14.3 Å². The Morgan fingerprint density at radius 1 is 1.23 bits per heavy atom. The van der Waals surface area contributed by atoms with E-state index in [2.05, 4.69) is 5.10 Å². The highest BCUT2D eigenvalue weighted by Gasteiger charge is 2.20. The fourth-order valence-corrected chi connectivity index (χ4v) is 3.59. The first-order valence-corrected chi connectivity index (χ1v) is 9.76. The minimum Gasteiger partial charge on any atom is -0.454 e. The monoisotopic (exact) mass is 439 g/mol. The average Bonchev–Trinajstić information content (AvgIpc) is 3.32. The number of carbonyl (C=O) groups excluding carboxylic acids is 1. The van der Waals surface area contributed by atoms with Gasteiger partial charge in [0.15, 0.2) is 11.5 Å². The second-order valence-corrected chi connectivity index (χ2v) is 7.37. The fourth-order valence-electron chi connectivity index (χ4n) is 3.11. The van der Waals surface area contributed by atoms with Crippen LogP contribution in [-0.2, 0) is 6.54 Å². The number of benzene rings is 2. The standard InChI is InChI=1S/C22H15Cl2N3O3/c1-13-17(22(24)27(26-13)11-15-4-2-3-5-18(15)23)8-16(10-25)21(28)14-6-7-19-20(9-14)30-12-29-19/h2-9H,11-12H2,1H3/b16-8+. The van der Waals surface area contributed by atoms with Crippen molar-refractivity contribution in [2.45, 2.75) is 13.5 Å². The molecular formula is C22H15Cl2N3O3. The van der Waals surface area contributed by atoms with Crippen LogP contribution in [0, 0.1) is 18.3 Å². The molecule has 2 heterocycles. The summed E-state index contributed by atoms with van der Waals surface area (Å²) in [5.74, 6) is 0.596. The first-order valence-electron chi connectivity index (χ1n) is 9.00. The van der Waals surface area contributed by atoms with Crippen LogP contribution in [0.1, 0.15) is 27.2 Å². The maximum atomic E-state index is 12.9. The van der Waals surface area contributed by atoms with Crippen molar-refractivity contribution in [3.63, 3.8) is 0 Å². The maximum Gasteiger partial charge on any atom is 0.231 e. The lowest BCUT2D eigenvalue weighted by atomic mass is 10.0. The first-order chi connectivity index (χ1) is 14.5. The zero-order valence-corrected chi connectivity index (χ0v) is 17.4. The van der Waals surface area contributed by atoms with Crippen LogP contribution in [0.4, 0.5) is 0 Å². The molecule has 0 unspecified atom stereocenters. The Morgan fingerprint density at radius 2 is 2.00 bits per heavy atom. The summed E-state index contributed by atoms with van der Waals surface area (Å²) in [5, 5.41) is 15.0. The van der Waals surface area contributed by atoms with E-state index >= 15 is 0 Å². The number of hydrogen-bond donors (Lipinski definition) is 0. The molecule has 6 nitrogen and oxygen atoms in total. The molecule has 4 rings (SSSR count). The third-order valence-corrected chi connectivity index (χ3v) is 5.44. The number of allylic oxidation sites excluding steroid dienone is 1. The van der Waals surface area contributed by atoms with Gasteiger partial charge < -0.3 is 9.47 Å². The Kier molecular flexibility index (Phi) is 5.49. The quantitative estimate of drug-likeness (QED) is 0.315.